The van der Waals surface area contributed by atoms with Crippen LogP contribution in [0.3, 0.4) is 0 Å². The zero-order chi connectivity index (χ0) is 19.6. The number of methoxy groups -OCH3 is 2. The first-order valence-corrected chi connectivity index (χ1v) is 9.32. The second-order valence-electron chi connectivity index (χ2n) is 7.60. The average Bonchev–Trinajstić information content (AvgIpc) is 3.29. The topological polar surface area (TPSA) is 77.5 Å². The minimum absolute atomic E-state index is 0.00689. The molecule has 1 aromatic rings. The molecule has 4 atom stereocenters. The van der Waals surface area contributed by atoms with Gasteiger partial charge in [-0.3, -0.25) is 0 Å². The summed E-state index contributed by atoms with van der Waals surface area (Å²) in [5, 5.41) is 10.5. The number of amides is 1. The number of carbonyl (C=O) groups is 1. The molecule has 1 N–H and O–H groups in total. The summed E-state index contributed by atoms with van der Waals surface area (Å²) in [4.78, 5) is 13.7. The highest BCUT2D eigenvalue weighted by Crippen LogP contribution is 2.47. The highest BCUT2D eigenvalue weighted by Gasteiger charge is 2.48. The van der Waals surface area contributed by atoms with Crippen molar-refractivity contribution in [3.05, 3.63) is 23.8 Å². The summed E-state index contributed by atoms with van der Waals surface area (Å²) in [7, 11) is 2.99. The number of aliphatic hydroxyl groups is 1. The molecular weight excluding hydrogens is 350 g/mol. The standard InChI is InChI=1S/C20H29NO6/c1-13(22)20(2)12-21(19(23)25-4)10-16(20)14-5-6-17(24-3)18(9-14)27-15-7-8-26-11-15/h5-6,9,13,15-16,22H,7-8,10-12H2,1-4H3/t13-,15-,16+,20?/m1/s1. The van der Waals surface area contributed by atoms with Gasteiger partial charge in [0.2, 0.25) is 0 Å². The van der Waals surface area contributed by atoms with Crippen LogP contribution in [-0.2, 0) is 9.47 Å². The van der Waals surface area contributed by atoms with Crippen molar-refractivity contribution in [1.82, 2.24) is 4.90 Å². The maximum absolute atomic E-state index is 12.1. The Hall–Kier alpha value is -1.99. The largest absolute Gasteiger partial charge is 0.493 e. The number of rotatable bonds is 5. The minimum atomic E-state index is -0.591. The molecule has 0 bridgehead atoms. The maximum Gasteiger partial charge on any atom is 0.409 e. The first kappa shape index (κ1) is 19.8. The first-order chi connectivity index (χ1) is 12.9. The molecule has 0 spiro atoms. The minimum Gasteiger partial charge on any atom is -0.493 e. The Morgan fingerprint density at radius 2 is 2.15 bits per heavy atom. The Morgan fingerprint density at radius 3 is 2.74 bits per heavy atom. The van der Waals surface area contributed by atoms with Gasteiger partial charge in [0, 0.05) is 30.8 Å². The lowest BCUT2D eigenvalue weighted by atomic mass is 9.72. The summed E-state index contributed by atoms with van der Waals surface area (Å²) in [6.45, 7) is 5.94. The van der Waals surface area contributed by atoms with Gasteiger partial charge in [-0.05, 0) is 24.6 Å². The molecule has 3 rings (SSSR count). The molecule has 1 unspecified atom stereocenters. The van der Waals surface area contributed by atoms with Gasteiger partial charge in [-0.2, -0.15) is 0 Å². The second-order valence-corrected chi connectivity index (χ2v) is 7.60. The number of carbonyl (C=O) groups excluding carboxylic acids is 1. The Morgan fingerprint density at radius 1 is 1.37 bits per heavy atom. The summed E-state index contributed by atoms with van der Waals surface area (Å²) in [6.07, 6.45) is -0.116. The van der Waals surface area contributed by atoms with Crippen molar-refractivity contribution < 1.29 is 28.8 Å². The van der Waals surface area contributed by atoms with Gasteiger partial charge in [0.15, 0.2) is 11.5 Å². The predicted molar refractivity (Wildman–Crippen MR) is 99.4 cm³/mol. The summed E-state index contributed by atoms with van der Waals surface area (Å²) in [6, 6.07) is 5.82. The van der Waals surface area contributed by atoms with Crippen LogP contribution in [0.2, 0.25) is 0 Å². The molecule has 7 heteroatoms. The van der Waals surface area contributed by atoms with E-state index in [0.29, 0.717) is 37.8 Å². The number of ether oxygens (including phenoxy) is 4. The number of hydrogen-bond acceptors (Lipinski definition) is 6. The summed E-state index contributed by atoms with van der Waals surface area (Å²) in [5.41, 5.74) is 0.510. The van der Waals surface area contributed by atoms with Gasteiger partial charge in [-0.25, -0.2) is 4.79 Å². The van der Waals surface area contributed by atoms with Gasteiger partial charge in [0.05, 0.1) is 33.5 Å². The highest BCUT2D eigenvalue weighted by atomic mass is 16.6. The number of aliphatic hydroxyl groups excluding tert-OH is 1. The van der Waals surface area contributed by atoms with E-state index < -0.39 is 11.5 Å². The zero-order valence-corrected chi connectivity index (χ0v) is 16.4. The van der Waals surface area contributed by atoms with Crippen LogP contribution in [-0.4, -0.2) is 68.8 Å². The number of nitrogens with zero attached hydrogens (tertiary/aromatic N) is 1. The smallest absolute Gasteiger partial charge is 0.409 e. The van der Waals surface area contributed by atoms with E-state index in [9.17, 15) is 9.90 Å². The Balaban J connectivity index is 1.91. The number of likely N-dealkylation sites (tertiary alicyclic amines) is 1. The van der Waals surface area contributed by atoms with Crippen molar-refractivity contribution in [3.8, 4) is 11.5 Å². The highest BCUT2D eigenvalue weighted by molar-refractivity contribution is 5.68. The maximum atomic E-state index is 12.1. The molecule has 2 aliphatic rings. The van der Waals surface area contributed by atoms with Crippen molar-refractivity contribution in [2.24, 2.45) is 5.41 Å². The average molecular weight is 379 g/mol. The summed E-state index contributed by atoms with van der Waals surface area (Å²) < 4.78 is 21.8. The normalized spacial score (nSPS) is 28.9. The van der Waals surface area contributed by atoms with E-state index in [0.717, 1.165) is 12.0 Å². The number of benzene rings is 1. The molecule has 0 radical (unpaired) electrons. The van der Waals surface area contributed by atoms with Crippen molar-refractivity contribution in [3.63, 3.8) is 0 Å². The lowest BCUT2D eigenvalue weighted by Crippen LogP contribution is -2.38. The van der Waals surface area contributed by atoms with E-state index in [-0.39, 0.29) is 18.1 Å². The van der Waals surface area contributed by atoms with E-state index in [4.69, 9.17) is 18.9 Å². The molecule has 27 heavy (non-hydrogen) atoms. The molecule has 2 fully saturated rings. The van der Waals surface area contributed by atoms with Crippen LogP contribution in [0.4, 0.5) is 4.79 Å². The number of hydrogen-bond donors (Lipinski definition) is 1. The molecule has 7 nitrogen and oxygen atoms in total. The Labute approximate surface area is 160 Å². The first-order valence-electron chi connectivity index (χ1n) is 9.32. The fourth-order valence-corrected chi connectivity index (χ4v) is 3.98. The third-order valence-corrected chi connectivity index (χ3v) is 5.89. The van der Waals surface area contributed by atoms with Crippen LogP contribution in [0.15, 0.2) is 18.2 Å². The molecule has 150 valence electrons. The van der Waals surface area contributed by atoms with E-state index in [2.05, 4.69) is 0 Å². The zero-order valence-electron chi connectivity index (χ0n) is 16.4. The van der Waals surface area contributed by atoms with Crippen LogP contribution in [0, 0.1) is 5.41 Å². The summed E-state index contributed by atoms with van der Waals surface area (Å²) in [5.74, 6) is 1.27. The second kappa shape index (κ2) is 7.94. The van der Waals surface area contributed by atoms with Gasteiger partial charge in [0.25, 0.3) is 0 Å². The molecule has 2 heterocycles. The molecular formula is C20H29NO6. The molecule has 1 amide bonds. The van der Waals surface area contributed by atoms with Gasteiger partial charge in [-0.1, -0.05) is 13.0 Å². The lowest BCUT2D eigenvalue weighted by molar-refractivity contribution is 0.0470. The summed E-state index contributed by atoms with van der Waals surface area (Å²) >= 11 is 0. The van der Waals surface area contributed by atoms with Gasteiger partial charge >= 0.3 is 6.09 Å². The SMILES string of the molecule is COC(=O)N1C[C@@H](c2ccc(OC)c(O[C@@H]3CCOC3)c2)C(C)([C@@H](C)O)C1. The van der Waals surface area contributed by atoms with E-state index in [1.807, 2.05) is 25.1 Å². The van der Waals surface area contributed by atoms with E-state index >= 15 is 0 Å². The third kappa shape index (κ3) is 3.84. The van der Waals surface area contributed by atoms with Crippen LogP contribution in [0.5, 0.6) is 11.5 Å². The fraction of sp³-hybridized carbons (Fsp3) is 0.650. The fourth-order valence-electron chi connectivity index (χ4n) is 3.98. The van der Waals surface area contributed by atoms with Crippen molar-refractivity contribution in [1.29, 1.82) is 0 Å². The van der Waals surface area contributed by atoms with Gasteiger partial charge < -0.3 is 29.0 Å². The Bertz CT molecular complexity index is 672. The molecule has 1 aromatic carbocycles. The molecule has 2 aliphatic heterocycles. The van der Waals surface area contributed by atoms with Crippen LogP contribution < -0.4 is 9.47 Å². The molecule has 0 aromatic heterocycles. The van der Waals surface area contributed by atoms with Crippen molar-refractivity contribution in [2.45, 2.75) is 38.4 Å². The Kier molecular flexibility index (Phi) is 5.81. The van der Waals surface area contributed by atoms with Gasteiger partial charge in [0.1, 0.15) is 6.10 Å². The molecule has 0 saturated carbocycles. The van der Waals surface area contributed by atoms with Crippen LogP contribution in [0.25, 0.3) is 0 Å². The molecule has 2 saturated heterocycles. The molecule has 0 aliphatic carbocycles. The van der Waals surface area contributed by atoms with E-state index in [1.54, 1.807) is 18.9 Å². The lowest BCUT2D eigenvalue weighted by Gasteiger charge is -2.33. The van der Waals surface area contributed by atoms with Crippen molar-refractivity contribution >= 4 is 6.09 Å². The van der Waals surface area contributed by atoms with Crippen LogP contribution in [0.1, 0.15) is 31.7 Å². The quantitative estimate of drug-likeness (QED) is 0.847. The van der Waals surface area contributed by atoms with Crippen LogP contribution >= 0.6 is 0 Å². The van der Waals surface area contributed by atoms with Crippen molar-refractivity contribution in [2.75, 3.05) is 40.5 Å². The monoisotopic (exact) mass is 379 g/mol. The van der Waals surface area contributed by atoms with E-state index in [1.165, 1.54) is 7.11 Å². The predicted octanol–water partition coefficient (Wildman–Crippen LogP) is 2.42. The van der Waals surface area contributed by atoms with Gasteiger partial charge in [-0.15, -0.1) is 0 Å². The third-order valence-electron chi connectivity index (χ3n) is 5.89.